The summed E-state index contributed by atoms with van der Waals surface area (Å²) in [5, 5.41) is 3.51. The van der Waals surface area contributed by atoms with Crippen LogP contribution in [0.15, 0.2) is 29.6 Å². The van der Waals surface area contributed by atoms with Crippen molar-refractivity contribution in [2.75, 3.05) is 0 Å². The highest BCUT2D eigenvalue weighted by atomic mass is 32.1. The van der Waals surface area contributed by atoms with Crippen LogP contribution >= 0.6 is 11.3 Å². The Morgan fingerprint density at radius 3 is 2.94 bits per heavy atom. The number of hydrogen-bond donors (Lipinski definition) is 1. The molecule has 1 nitrogen and oxygen atoms in total. The lowest BCUT2D eigenvalue weighted by atomic mass is 9.91. The Kier molecular flexibility index (Phi) is 2.93. The maximum Gasteiger partial charge on any atom is 0.0390 e. The van der Waals surface area contributed by atoms with Crippen LogP contribution in [0.5, 0.6) is 0 Å². The lowest BCUT2D eigenvalue weighted by Crippen LogP contribution is -2.19. The lowest BCUT2D eigenvalue weighted by Gasteiger charge is -2.20. The van der Waals surface area contributed by atoms with Crippen LogP contribution in [0.25, 0.3) is 10.1 Å². The molecule has 1 fully saturated rings. The van der Waals surface area contributed by atoms with Gasteiger partial charge in [-0.05, 0) is 47.1 Å². The smallest absolute Gasteiger partial charge is 0.0390 e. The largest absolute Gasteiger partial charge is 0.324 e. The minimum Gasteiger partial charge on any atom is -0.324 e. The van der Waals surface area contributed by atoms with E-state index in [0.29, 0.717) is 5.92 Å². The van der Waals surface area contributed by atoms with Crippen molar-refractivity contribution in [2.45, 2.75) is 32.2 Å². The lowest BCUT2D eigenvalue weighted by molar-refractivity contribution is 0.431. The normalized spacial score (nSPS) is 26.5. The zero-order valence-corrected chi connectivity index (χ0v) is 11.0. The average molecular weight is 245 g/mol. The topological polar surface area (TPSA) is 26.0 Å². The van der Waals surface area contributed by atoms with Crippen molar-refractivity contribution in [3.05, 3.63) is 35.2 Å². The molecule has 3 rings (SSSR count). The van der Waals surface area contributed by atoms with Gasteiger partial charge in [-0.1, -0.05) is 31.5 Å². The Balaban J connectivity index is 1.95. The van der Waals surface area contributed by atoms with Gasteiger partial charge >= 0.3 is 0 Å². The molecule has 2 N–H and O–H groups in total. The van der Waals surface area contributed by atoms with Crippen molar-refractivity contribution in [3.63, 3.8) is 0 Å². The molecule has 0 aliphatic heterocycles. The van der Waals surface area contributed by atoms with Gasteiger partial charge in [-0.2, -0.15) is 0 Å². The fourth-order valence-electron chi connectivity index (χ4n) is 3.11. The van der Waals surface area contributed by atoms with E-state index in [1.165, 1.54) is 34.9 Å². The van der Waals surface area contributed by atoms with Gasteiger partial charge in [-0.3, -0.25) is 0 Å². The molecular formula is C15H19NS. The number of thiophene rings is 1. The standard InChI is InChI=1S/C15H19NS/c1-10-5-6-12(9-10)14(16)13-4-2-3-11-7-8-17-15(11)13/h2-4,7-8,10,12,14H,5-6,9,16H2,1H3. The van der Waals surface area contributed by atoms with Gasteiger partial charge in [-0.25, -0.2) is 0 Å². The number of fused-ring (bicyclic) bond motifs is 1. The minimum atomic E-state index is 0.224. The van der Waals surface area contributed by atoms with E-state index in [4.69, 9.17) is 5.73 Å². The van der Waals surface area contributed by atoms with Crippen LogP contribution in [0.2, 0.25) is 0 Å². The van der Waals surface area contributed by atoms with Gasteiger partial charge in [0.15, 0.2) is 0 Å². The molecule has 1 heterocycles. The fourth-order valence-corrected chi connectivity index (χ4v) is 4.07. The third-order valence-electron chi connectivity index (χ3n) is 4.11. The first-order valence-corrected chi connectivity index (χ1v) is 7.35. The first-order chi connectivity index (χ1) is 8.25. The zero-order chi connectivity index (χ0) is 11.8. The highest BCUT2D eigenvalue weighted by molar-refractivity contribution is 7.17. The van der Waals surface area contributed by atoms with Gasteiger partial charge in [-0.15, -0.1) is 11.3 Å². The van der Waals surface area contributed by atoms with E-state index < -0.39 is 0 Å². The summed E-state index contributed by atoms with van der Waals surface area (Å²) in [7, 11) is 0. The van der Waals surface area contributed by atoms with Gasteiger partial charge in [0.05, 0.1) is 0 Å². The summed E-state index contributed by atoms with van der Waals surface area (Å²) in [5.74, 6) is 1.53. The highest BCUT2D eigenvalue weighted by Gasteiger charge is 2.28. The van der Waals surface area contributed by atoms with E-state index in [1.807, 2.05) is 11.3 Å². The molecule has 0 radical (unpaired) electrons. The van der Waals surface area contributed by atoms with Crippen molar-refractivity contribution in [1.29, 1.82) is 0 Å². The zero-order valence-electron chi connectivity index (χ0n) is 10.2. The third-order valence-corrected chi connectivity index (χ3v) is 5.09. The van der Waals surface area contributed by atoms with Gasteiger partial charge in [0.1, 0.15) is 0 Å². The summed E-state index contributed by atoms with van der Waals surface area (Å²) in [6, 6.07) is 8.95. The quantitative estimate of drug-likeness (QED) is 0.837. The Morgan fingerprint density at radius 1 is 1.29 bits per heavy atom. The molecule has 1 aliphatic rings. The molecule has 1 aromatic heterocycles. The van der Waals surface area contributed by atoms with Crippen molar-refractivity contribution in [3.8, 4) is 0 Å². The van der Waals surface area contributed by atoms with Crippen LogP contribution in [0.1, 0.15) is 37.8 Å². The molecule has 3 atom stereocenters. The van der Waals surface area contributed by atoms with E-state index >= 15 is 0 Å². The second kappa shape index (κ2) is 4.43. The molecule has 0 spiro atoms. The molecule has 2 aromatic rings. The molecule has 1 aliphatic carbocycles. The number of rotatable bonds is 2. The van der Waals surface area contributed by atoms with Crippen LogP contribution in [0.3, 0.4) is 0 Å². The van der Waals surface area contributed by atoms with E-state index in [2.05, 4.69) is 36.6 Å². The Bertz CT molecular complexity index is 516. The molecular weight excluding hydrogens is 226 g/mol. The molecule has 2 heteroatoms. The monoisotopic (exact) mass is 245 g/mol. The Morgan fingerprint density at radius 2 is 2.18 bits per heavy atom. The average Bonchev–Trinajstić information content (AvgIpc) is 2.95. The second-order valence-corrected chi connectivity index (χ2v) is 6.31. The maximum absolute atomic E-state index is 6.49. The summed E-state index contributed by atoms with van der Waals surface area (Å²) < 4.78 is 1.39. The molecule has 17 heavy (non-hydrogen) atoms. The predicted molar refractivity (Wildman–Crippen MR) is 75.3 cm³/mol. The van der Waals surface area contributed by atoms with Crippen molar-refractivity contribution < 1.29 is 0 Å². The first-order valence-electron chi connectivity index (χ1n) is 6.47. The number of nitrogens with two attached hydrogens (primary N) is 1. The van der Waals surface area contributed by atoms with Crippen molar-refractivity contribution in [2.24, 2.45) is 17.6 Å². The van der Waals surface area contributed by atoms with Gasteiger partial charge < -0.3 is 5.73 Å². The van der Waals surface area contributed by atoms with Crippen LogP contribution in [0.4, 0.5) is 0 Å². The fraction of sp³-hybridized carbons (Fsp3) is 0.467. The minimum absolute atomic E-state index is 0.224. The summed E-state index contributed by atoms with van der Waals surface area (Å²) >= 11 is 1.82. The van der Waals surface area contributed by atoms with Crippen LogP contribution < -0.4 is 5.73 Å². The van der Waals surface area contributed by atoms with E-state index in [9.17, 15) is 0 Å². The van der Waals surface area contributed by atoms with Crippen LogP contribution in [-0.4, -0.2) is 0 Å². The highest BCUT2D eigenvalue weighted by Crippen LogP contribution is 2.40. The van der Waals surface area contributed by atoms with E-state index in [0.717, 1.165) is 5.92 Å². The van der Waals surface area contributed by atoms with E-state index in [-0.39, 0.29) is 6.04 Å². The van der Waals surface area contributed by atoms with Gasteiger partial charge in [0.25, 0.3) is 0 Å². The van der Waals surface area contributed by atoms with Crippen LogP contribution in [-0.2, 0) is 0 Å². The molecule has 1 aromatic carbocycles. The van der Waals surface area contributed by atoms with Gasteiger partial charge in [0, 0.05) is 10.7 Å². The van der Waals surface area contributed by atoms with Gasteiger partial charge in [0.2, 0.25) is 0 Å². The first kappa shape index (κ1) is 11.2. The van der Waals surface area contributed by atoms with Crippen molar-refractivity contribution in [1.82, 2.24) is 0 Å². The molecule has 90 valence electrons. The molecule has 3 unspecified atom stereocenters. The van der Waals surface area contributed by atoms with Crippen molar-refractivity contribution >= 4 is 21.4 Å². The molecule has 0 saturated heterocycles. The summed E-state index contributed by atoms with van der Waals surface area (Å²) in [5.41, 5.74) is 7.85. The second-order valence-electron chi connectivity index (χ2n) is 5.39. The maximum atomic E-state index is 6.49. The number of benzene rings is 1. The SMILES string of the molecule is CC1CCC(C(N)c2cccc3ccsc23)C1. The summed E-state index contributed by atoms with van der Waals surface area (Å²) in [4.78, 5) is 0. The summed E-state index contributed by atoms with van der Waals surface area (Å²) in [6.45, 7) is 2.35. The number of hydrogen-bond acceptors (Lipinski definition) is 2. The van der Waals surface area contributed by atoms with Crippen LogP contribution in [0, 0.1) is 11.8 Å². The van der Waals surface area contributed by atoms with E-state index in [1.54, 1.807) is 0 Å². The Hall–Kier alpha value is -0.860. The Labute approximate surface area is 107 Å². The summed E-state index contributed by atoms with van der Waals surface area (Å²) in [6.07, 6.45) is 3.94. The molecule has 1 saturated carbocycles. The predicted octanol–water partition coefficient (Wildman–Crippen LogP) is 4.34. The molecule has 0 amide bonds. The molecule has 0 bridgehead atoms. The third kappa shape index (κ3) is 2.00.